The third-order valence-corrected chi connectivity index (χ3v) is 2.20. The van der Waals surface area contributed by atoms with E-state index in [9.17, 15) is 0 Å². The first-order valence-electron chi connectivity index (χ1n) is 4.50. The lowest BCUT2D eigenvalue weighted by molar-refractivity contribution is 0.521. The van der Waals surface area contributed by atoms with Crippen molar-refractivity contribution in [3.05, 3.63) is 11.6 Å². The summed E-state index contributed by atoms with van der Waals surface area (Å²) in [7, 11) is 0. The number of hydrogen-bond acceptors (Lipinski definition) is 0. The Hall–Kier alpha value is 0.272. The van der Waals surface area contributed by atoms with Crippen LogP contribution >= 0.6 is 0 Å². The molecule has 0 rings (SSSR count). The van der Waals surface area contributed by atoms with Gasteiger partial charge in [0, 0.05) is 0 Å². The average Bonchev–Trinajstić information content (AvgIpc) is 1.87. The predicted molar refractivity (Wildman–Crippen MR) is 53.0 cm³/mol. The van der Waals surface area contributed by atoms with E-state index in [1.165, 1.54) is 30.1 Å². The number of hydrogen-bond donors (Lipinski definition) is 0. The highest BCUT2D eigenvalue weighted by molar-refractivity contribution is 6.08. The van der Waals surface area contributed by atoms with Gasteiger partial charge in [0.15, 0.2) is 0 Å². The molecule has 0 saturated carbocycles. The van der Waals surface area contributed by atoms with E-state index in [0.717, 1.165) is 5.92 Å². The maximum atomic E-state index is 2.79. The van der Waals surface area contributed by atoms with E-state index in [4.69, 9.17) is 0 Å². The lowest BCUT2D eigenvalue weighted by Crippen LogP contribution is -1.92. The van der Waals surface area contributed by atoms with Gasteiger partial charge in [-0.3, -0.25) is 0 Å². The second kappa shape index (κ2) is 6.95. The Balaban J connectivity index is 3.31. The molecule has 0 bridgehead atoms. The van der Waals surface area contributed by atoms with Gasteiger partial charge in [-0.05, 0) is 32.6 Å². The molecule has 1 atom stereocenters. The highest BCUT2D eigenvalue weighted by Crippen LogP contribution is 2.12. The van der Waals surface area contributed by atoms with Crippen molar-refractivity contribution in [2.45, 2.75) is 45.3 Å². The summed E-state index contributed by atoms with van der Waals surface area (Å²) in [5, 5.41) is 1.25. The van der Waals surface area contributed by atoms with Crippen molar-refractivity contribution < 1.29 is 0 Å². The Morgan fingerprint density at radius 1 is 1.36 bits per heavy atom. The van der Waals surface area contributed by atoms with Crippen LogP contribution in [0.4, 0.5) is 0 Å². The minimum atomic E-state index is 0.892. The highest BCUT2D eigenvalue weighted by Gasteiger charge is 1.97. The summed E-state index contributed by atoms with van der Waals surface area (Å²) >= 11 is 2.79. The molecule has 0 aliphatic carbocycles. The first-order valence-corrected chi connectivity index (χ1v) is 5.32. The lowest BCUT2D eigenvalue weighted by atomic mass is 10.0. The van der Waals surface area contributed by atoms with Crippen molar-refractivity contribution in [2.24, 2.45) is 5.92 Å². The van der Waals surface area contributed by atoms with Crippen LogP contribution in [-0.4, -0.2) is 16.3 Å². The lowest BCUT2D eigenvalue weighted by Gasteiger charge is -2.07. The van der Waals surface area contributed by atoms with Crippen LogP contribution in [0.2, 0.25) is 5.28 Å². The monoisotopic (exact) mass is 166 g/mol. The zero-order valence-corrected chi connectivity index (χ0v) is 9.22. The molecule has 0 aromatic heterocycles. The van der Waals surface area contributed by atoms with E-state index in [2.05, 4.69) is 43.1 Å². The maximum Gasteiger partial charge on any atom is 0.118 e. The van der Waals surface area contributed by atoms with Gasteiger partial charge < -0.3 is 0 Å². The van der Waals surface area contributed by atoms with Gasteiger partial charge in [0.05, 0.1) is 0 Å². The standard InChI is InChI=1S/C10H19.Al/c1-5-10(4)8-6-7-9(2)3;/h7,10H,1,5-6,8H2,2-4H3;. The van der Waals surface area contributed by atoms with Crippen LogP contribution in [0.1, 0.15) is 40.0 Å². The fourth-order valence-corrected chi connectivity index (χ4v) is 1.65. The molecule has 0 nitrogen and oxygen atoms in total. The molecule has 62 valence electrons. The molecule has 11 heavy (non-hydrogen) atoms. The van der Waals surface area contributed by atoms with Gasteiger partial charge in [0.2, 0.25) is 0 Å². The molecule has 0 saturated heterocycles. The van der Waals surface area contributed by atoms with Crippen LogP contribution in [0.25, 0.3) is 0 Å². The van der Waals surface area contributed by atoms with Crippen LogP contribution in [0, 0.1) is 5.92 Å². The molecule has 0 heterocycles. The van der Waals surface area contributed by atoms with Crippen molar-refractivity contribution in [3.8, 4) is 0 Å². The Bertz CT molecular complexity index is 112. The summed E-state index contributed by atoms with van der Waals surface area (Å²) < 4.78 is 0. The fraction of sp³-hybridized carbons (Fsp3) is 0.800. The van der Waals surface area contributed by atoms with Crippen molar-refractivity contribution in [1.82, 2.24) is 0 Å². The number of allylic oxidation sites excluding steroid dienone is 2. The van der Waals surface area contributed by atoms with E-state index in [-0.39, 0.29) is 0 Å². The summed E-state index contributed by atoms with van der Waals surface area (Å²) in [4.78, 5) is 0. The molecule has 0 aliphatic rings. The molecule has 1 heteroatoms. The summed E-state index contributed by atoms with van der Waals surface area (Å²) in [6.45, 7) is 6.67. The van der Waals surface area contributed by atoms with Gasteiger partial charge >= 0.3 is 0 Å². The molecule has 0 spiro atoms. The molecule has 0 aromatic carbocycles. The third-order valence-electron chi connectivity index (χ3n) is 1.87. The van der Waals surface area contributed by atoms with E-state index >= 15 is 0 Å². The topological polar surface area (TPSA) is 0 Å². The first-order chi connectivity index (χ1) is 5.16. The van der Waals surface area contributed by atoms with Gasteiger partial charge in [-0.1, -0.05) is 25.0 Å². The minimum absolute atomic E-state index is 0.892. The van der Waals surface area contributed by atoms with Crippen LogP contribution < -0.4 is 0 Å². The van der Waals surface area contributed by atoms with Crippen LogP contribution in [-0.2, 0) is 0 Å². The largest absolute Gasteiger partial charge is 0.118 e. The Labute approximate surface area is 79.5 Å². The SMILES string of the molecule is CC(C)=CCCC(C)C[CH2][Al]. The van der Waals surface area contributed by atoms with E-state index in [1.807, 2.05) is 0 Å². The highest BCUT2D eigenvalue weighted by atomic mass is 27.0. The van der Waals surface area contributed by atoms with Gasteiger partial charge in [-0.25, -0.2) is 0 Å². The first kappa shape index (κ1) is 11.3. The molecular formula is C10H19Al. The van der Waals surface area contributed by atoms with Crippen molar-refractivity contribution in [3.63, 3.8) is 0 Å². The van der Waals surface area contributed by atoms with Crippen molar-refractivity contribution >= 4 is 16.3 Å². The average molecular weight is 166 g/mol. The van der Waals surface area contributed by atoms with Crippen molar-refractivity contribution in [2.75, 3.05) is 0 Å². The summed E-state index contributed by atoms with van der Waals surface area (Å²) in [6.07, 6.45) is 6.29. The van der Waals surface area contributed by atoms with Gasteiger partial charge in [0.1, 0.15) is 16.3 Å². The minimum Gasteiger partial charge on any atom is -0.117 e. The molecule has 0 aliphatic heterocycles. The van der Waals surface area contributed by atoms with Crippen LogP contribution in [0.5, 0.6) is 0 Å². The summed E-state index contributed by atoms with van der Waals surface area (Å²) in [5.41, 5.74) is 1.45. The summed E-state index contributed by atoms with van der Waals surface area (Å²) in [6, 6.07) is 0. The fourth-order valence-electron chi connectivity index (χ4n) is 1.09. The Kier molecular flexibility index (Phi) is 7.12. The van der Waals surface area contributed by atoms with Gasteiger partial charge in [-0.2, -0.15) is 0 Å². The smallest absolute Gasteiger partial charge is 0.117 e. The van der Waals surface area contributed by atoms with Crippen LogP contribution in [0.15, 0.2) is 11.6 Å². The second-order valence-electron chi connectivity index (χ2n) is 3.54. The molecule has 1 unspecified atom stereocenters. The molecule has 0 aromatic rings. The molecule has 0 amide bonds. The van der Waals surface area contributed by atoms with Crippen LogP contribution in [0.3, 0.4) is 0 Å². The molecule has 2 radical (unpaired) electrons. The zero-order valence-electron chi connectivity index (χ0n) is 8.06. The maximum absolute atomic E-state index is 2.79. The Morgan fingerprint density at radius 3 is 2.45 bits per heavy atom. The normalized spacial score (nSPS) is 12.6. The van der Waals surface area contributed by atoms with Gasteiger partial charge in [0.25, 0.3) is 0 Å². The van der Waals surface area contributed by atoms with E-state index in [1.54, 1.807) is 0 Å². The number of rotatable bonds is 5. The quantitative estimate of drug-likeness (QED) is 0.434. The second-order valence-corrected chi connectivity index (χ2v) is 4.12. The third kappa shape index (κ3) is 8.18. The summed E-state index contributed by atoms with van der Waals surface area (Å²) in [5.74, 6) is 0.892. The van der Waals surface area contributed by atoms with E-state index < -0.39 is 0 Å². The van der Waals surface area contributed by atoms with Gasteiger partial charge in [-0.15, -0.1) is 5.28 Å². The molecule has 0 fully saturated rings. The predicted octanol–water partition coefficient (Wildman–Crippen LogP) is 3.35. The molecule has 0 N–H and O–H groups in total. The molecular weight excluding hydrogens is 147 g/mol. The zero-order chi connectivity index (χ0) is 8.69. The Morgan fingerprint density at radius 2 is 2.00 bits per heavy atom. The van der Waals surface area contributed by atoms with E-state index in [0.29, 0.717) is 0 Å². The van der Waals surface area contributed by atoms with Crippen molar-refractivity contribution in [1.29, 1.82) is 0 Å².